The quantitative estimate of drug-likeness (QED) is 0.782. The van der Waals surface area contributed by atoms with E-state index in [9.17, 15) is 20.0 Å². The topological polar surface area (TPSA) is 83.1 Å². The third kappa shape index (κ3) is 3.21. The van der Waals surface area contributed by atoms with Crippen LogP contribution in [-0.2, 0) is 6.54 Å². The van der Waals surface area contributed by atoms with Crippen LogP contribution < -0.4 is 5.56 Å². The smallest absolute Gasteiger partial charge is 0.271 e. The highest BCUT2D eigenvalue weighted by atomic mass is 35.5. The molecule has 0 aromatic carbocycles. The number of carbonyl (C=O) groups excluding carboxylic acids is 1. The normalized spacial score (nSPS) is 20.7. The fraction of sp³-hybridized carbons (Fsp3) is 0.500. The number of ketones is 1. The van der Waals surface area contributed by atoms with Crippen LogP contribution >= 0.6 is 23.2 Å². The number of nitrogens with zero attached hydrogens (tertiary/aromatic N) is 2. The van der Waals surface area contributed by atoms with E-state index >= 15 is 0 Å². The molecule has 0 spiro atoms. The van der Waals surface area contributed by atoms with Crippen molar-refractivity contribution >= 4 is 29.0 Å². The van der Waals surface area contributed by atoms with Crippen LogP contribution in [0.4, 0.5) is 0 Å². The van der Waals surface area contributed by atoms with Crippen molar-refractivity contribution in [3.05, 3.63) is 37.6 Å². The zero-order chi connectivity index (χ0) is 19.1. The first-order chi connectivity index (χ1) is 11.6. The number of nitriles is 1. The van der Waals surface area contributed by atoms with E-state index in [1.165, 1.54) is 6.92 Å². The van der Waals surface area contributed by atoms with Gasteiger partial charge in [-0.05, 0) is 36.3 Å². The Morgan fingerprint density at radius 3 is 2.52 bits per heavy atom. The first-order valence-electron chi connectivity index (χ1n) is 8.03. The van der Waals surface area contributed by atoms with E-state index < -0.39 is 11.5 Å². The lowest BCUT2D eigenvalue weighted by atomic mass is 9.96. The van der Waals surface area contributed by atoms with Crippen LogP contribution in [0.1, 0.15) is 48.7 Å². The number of Topliss-reactive ketones (excluding diaryl/α,β-unsaturated/α-hetero) is 1. The minimum Gasteiger partial charge on any atom is -0.494 e. The maximum atomic E-state index is 13.1. The zero-order valence-electron chi connectivity index (χ0n) is 14.6. The summed E-state index contributed by atoms with van der Waals surface area (Å²) >= 11 is 11.5. The fourth-order valence-corrected chi connectivity index (χ4v) is 3.73. The summed E-state index contributed by atoms with van der Waals surface area (Å²) in [5.41, 5.74) is -0.820. The summed E-state index contributed by atoms with van der Waals surface area (Å²) < 4.78 is 1.18. The molecular weight excluding hydrogens is 363 g/mol. The lowest BCUT2D eigenvalue weighted by molar-refractivity contribution is 0.0946. The Kier molecular flexibility index (Phi) is 5.36. The van der Waals surface area contributed by atoms with Crippen molar-refractivity contribution < 1.29 is 9.90 Å². The summed E-state index contributed by atoms with van der Waals surface area (Å²) in [6, 6.07) is 1.86. The molecular formula is C18H20Cl2N2O3. The number of aromatic nitrogens is 1. The lowest BCUT2D eigenvalue weighted by Gasteiger charge is -2.15. The Morgan fingerprint density at radius 1 is 1.44 bits per heavy atom. The molecule has 2 unspecified atom stereocenters. The van der Waals surface area contributed by atoms with Crippen LogP contribution in [0.25, 0.3) is 0 Å². The van der Waals surface area contributed by atoms with E-state index in [1.54, 1.807) is 6.08 Å². The molecule has 0 aliphatic heterocycles. The van der Waals surface area contributed by atoms with Gasteiger partial charge in [0.1, 0.15) is 16.1 Å². The molecule has 2 atom stereocenters. The van der Waals surface area contributed by atoms with E-state index in [0.717, 1.165) is 4.57 Å². The largest absolute Gasteiger partial charge is 0.494 e. The van der Waals surface area contributed by atoms with Gasteiger partial charge >= 0.3 is 0 Å². The number of halogens is 2. The highest BCUT2D eigenvalue weighted by Crippen LogP contribution is 2.61. The Morgan fingerprint density at radius 2 is 2.04 bits per heavy atom. The van der Waals surface area contributed by atoms with Crippen LogP contribution in [0.5, 0.6) is 5.88 Å². The number of rotatable bonds is 5. The van der Waals surface area contributed by atoms with Crippen molar-refractivity contribution in [1.82, 2.24) is 4.57 Å². The van der Waals surface area contributed by atoms with E-state index in [0.29, 0.717) is 6.42 Å². The molecule has 134 valence electrons. The van der Waals surface area contributed by atoms with Gasteiger partial charge in [0.15, 0.2) is 5.78 Å². The van der Waals surface area contributed by atoms with Crippen molar-refractivity contribution in [2.75, 3.05) is 0 Å². The van der Waals surface area contributed by atoms with Crippen LogP contribution in [0.15, 0.2) is 15.4 Å². The summed E-state index contributed by atoms with van der Waals surface area (Å²) in [5, 5.41) is 19.9. The minimum atomic E-state index is -0.578. The van der Waals surface area contributed by atoms with Gasteiger partial charge in [-0.3, -0.25) is 14.2 Å². The fourth-order valence-electron chi connectivity index (χ4n) is 3.46. The molecule has 0 bridgehead atoms. The van der Waals surface area contributed by atoms with Gasteiger partial charge in [0.25, 0.3) is 5.56 Å². The van der Waals surface area contributed by atoms with E-state index in [2.05, 4.69) is 0 Å². The van der Waals surface area contributed by atoms with Crippen molar-refractivity contribution in [2.24, 2.45) is 17.3 Å². The highest BCUT2D eigenvalue weighted by Gasteiger charge is 2.61. The second kappa shape index (κ2) is 6.86. The Hall–Kier alpha value is -1.77. The Bertz CT molecular complexity index is 859. The maximum absolute atomic E-state index is 13.1. The van der Waals surface area contributed by atoms with Crippen LogP contribution in [0, 0.1) is 35.5 Å². The van der Waals surface area contributed by atoms with Crippen molar-refractivity contribution in [3.8, 4) is 11.9 Å². The molecule has 1 aliphatic carbocycles. The average molecular weight is 383 g/mol. The number of pyridine rings is 1. The molecule has 0 amide bonds. The van der Waals surface area contributed by atoms with Crippen LogP contribution in [-0.4, -0.2) is 15.5 Å². The third-order valence-electron chi connectivity index (χ3n) is 4.99. The SMILES string of the molecule is CCCn1c(O)c(C(=O)C2C(C=C(Cl)Cl)C2(C)C)c(C)c(C#N)c1=O. The first kappa shape index (κ1) is 19.6. The molecule has 1 aromatic rings. The summed E-state index contributed by atoms with van der Waals surface area (Å²) in [5.74, 6) is -1.28. The molecule has 1 fully saturated rings. The van der Waals surface area contributed by atoms with Crippen molar-refractivity contribution in [1.29, 1.82) is 5.26 Å². The number of aromatic hydroxyl groups is 1. The zero-order valence-corrected chi connectivity index (χ0v) is 16.1. The molecule has 2 rings (SSSR count). The van der Waals surface area contributed by atoms with Crippen LogP contribution in [0.2, 0.25) is 0 Å². The third-order valence-corrected chi connectivity index (χ3v) is 5.24. The Balaban J connectivity index is 2.62. The van der Waals surface area contributed by atoms with Gasteiger partial charge in [0.05, 0.1) is 5.56 Å². The highest BCUT2D eigenvalue weighted by molar-refractivity contribution is 6.55. The number of allylic oxidation sites excluding steroid dienone is 1. The summed E-state index contributed by atoms with van der Waals surface area (Å²) in [6.07, 6.45) is 2.20. The molecule has 5 nitrogen and oxygen atoms in total. The van der Waals surface area contributed by atoms with Gasteiger partial charge in [-0.15, -0.1) is 0 Å². The van der Waals surface area contributed by atoms with Gasteiger partial charge in [0, 0.05) is 12.5 Å². The molecule has 1 N–H and O–H groups in total. The Labute approximate surface area is 156 Å². The second-order valence-corrected chi connectivity index (χ2v) is 7.92. The standard InChI is InChI=1S/C18H20Cl2N2O3/c1-5-6-22-16(24)10(8-21)9(2)13(17(22)25)15(23)14-11(7-12(19)20)18(14,3)4/h7,11,14,25H,5-6H2,1-4H3. The van der Waals surface area contributed by atoms with Crippen molar-refractivity contribution in [3.63, 3.8) is 0 Å². The van der Waals surface area contributed by atoms with Gasteiger partial charge in [0.2, 0.25) is 5.88 Å². The molecule has 1 aromatic heterocycles. The molecule has 0 radical (unpaired) electrons. The predicted molar refractivity (Wildman–Crippen MR) is 97.0 cm³/mol. The molecule has 7 heteroatoms. The van der Waals surface area contributed by atoms with E-state index in [1.807, 2.05) is 26.8 Å². The minimum absolute atomic E-state index is 0.0317. The molecule has 1 saturated carbocycles. The summed E-state index contributed by atoms with van der Waals surface area (Å²) in [4.78, 5) is 25.4. The van der Waals surface area contributed by atoms with Crippen LogP contribution in [0.3, 0.4) is 0 Å². The van der Waals surface area contributed by atoms with Gasteiger partial charge < -0.3 is 5.11 Å². The molecule has 0 saturated heterocycles. The number of hydrogen-bond donors (Lipinski definition) is 1. The van der Waals surface area contributed by atoms with E-state index in [-0.39, 0.29) is 50.7 Å². The molecule has 25 heavy (non-hydrogen) atoms. The predicted octanol–water partition coefficient (Wildman–Crippen LogP) is 3.92. The molecule has 1 heterocycles. The van der Waals surface area contributed by atoms with Crippen molar-refractivity contribution in [2.45, 2.75) is 40.7 Å². The summed E-state index contributed by atoms with van der Waals surface area (Å²) in [6.45, 7) is 7.40. The van der Waals surface area contributed by atoms with E-state index in [4.69, 9.17) is 23.2 Å². The first-order valence-corrected chi connectivity index (χ1v) is 8.78. The summed E-state index contributed by atoms with van der Waals surface area (Å²) in [7, 11) is 0. The van der Waals surface area contributed by atoms with Gasteiger partial charge in [-0.1, -0.05) is 44.0 Å². The molecule has 1 aliphatic rings. The number of hydrogen-bond acceptors (Lipinski definition) is 4. The average Bonchev–Trinajstić information content (AvgIpc) is 3.03. The second-order valence-electron chi connectivity index (χ2n) is 6.91. The van der Waals surface area contributed by atoms with Gasteiger partial charge in [-0.2, -0.15) is 5.26 Å². The maximum Gasteiger partial charge on any atom is 0.271 e. The lowest BCUT2D eigenvalue weighted by Crippen LogP contribution is -2.27. The van der Waals surface area contributed by atoms with Gasteiger partial charge in [-0.25, -0.2) is 0 Å². The number of carbonyl (C=O) groups is 1. The monoisotopic (exact) mass is 382 g/mol.